The van der Waals surface area contributed by atoms with Crippen LogP contribution < -0.4 is 4.90 Å². The Bertz CT molecular complexity index is 816. The maximum atomic E-state index is 14.0. The molecule has 2 aliphatic heterocycles. The first kappa shape index (κ1) is 18.9. The molecule has 28 heavy (non-hydrogen) atoms. The zero-order valence-electron chi connectivity index (χ0n) is 16.6. The Balaban J connectivity index is 1.35. The lowest BCUT2D eigenvalue weighted by atomic mass is 10.0. The Kier molecular flexibility index (Phi) is 5.35. The molecule has 0 radical (unpaired) electrons. The predicted octanol–water partition coefficient (Wildman–Crippen LogP) is 2.25. The third-order valence-electron chi connectivity index (χ3n) is 5.91. The number of carbonyl (C=O) groups excluding carboxylic acids is 1. The summed E-state index contributed by atoms with van der Waals surface area (Å²) in [6.07, 6.45) is 4.83. The van der Waals surface area contributed by atoms with E-state index in [0.29, 0.717) is 11.7 Å². The topological polar surface area (TPSA) is 44.6 Å². The molecule has 6 nitrogen and oxygen atoms in total. The largest absolute Gasteiger partial charge is 0.369 e. The molecular formula is C21H28FN5O. The molecule has 0 bridgehead atoms. The van der Waals surface area contributed by atoms with Gasteiger partial charge in [0, 0.05) is 65.5 Å². The van der Waals surface area contributed by atoms with Crippen molar-refractivity contribution in [1.82, 2.24) is 19.4 Å². The van der Waals surface area contributed by atoms with Crippen LogP contribution in [0.4, 0.5) is 10.1 Å². The normalized spacial score (nSPS) is 18.6. The lowest BCUT2D eigenvalue weighted by molar-refractivity contribution is 0.0822. The highest BCUT2D eigenvalue weighted by Crippen LogP contribution is 2.25. The summed E-state index contributed by atoms with van der Waals surface area (Å²) in [4.78, 5) is 23.0. The molecule has 0 saturated carbocycles. The number of benzene rings is 1. The van der Waals surface area contributed by atoms with Gasteiger partial charge in [0.2, 0.25) is 0 Å². The summed E-state index contributed by atoms with van der Waals surface area (Å²) >= 11 is 0. The van der Waals surface area contributed by atoms with Crippen LogP contribution in [0.1, 0.15) is 29.2 Å². The zero-order chi connectivity index (χ0) is 19.7. The number of carbonyl (C=O) groups is 1. The summed E-state index contributed by atoms with van der Waals surface area (Å²) in [5.41, 5.74) is 1.25. The Morgan fingerprint density at radius 1 is 1.11 bits per heavy atom. The fourth-order valence-corrected chi connectivity index (χ4v) is 4.32. The van der Waals surface area contributed by atoms with Crippen molar-refractivity contribution in [3.05, 3.63) is 47.8 Å². The van der Waals surface area contributed by atoms with Gasteiger partial charge < -0.3 is 14.4 Å². The highest BCUT2D eigenvalue weighted by Gasteiger charge is 2.28. The Hall–Kier alpha value is -2.41. The van der Waals surface area contributed by atoms with Crippen molar-refractivity contribution in [2.24, 2.45) is 0 Å². The van der Waals surface area contributed by atoms with Crippen LogP contribution in [0.25, 0.3) is 0 Å². The minimum Gasteiger partial charge on any atom is -0.369 e. The number of para-hydroxylation sites is 1. The second kappa shape index (κ2) is 7.91. The van der Waals surface area contributed by atoms with Gasteiger partial charge in [0.05, 0.1) is 5.69 Å². The van der Waals surface area contributed by atoms with E-state index in [1.165, 1.54) is 6.07 Å². The van der Waals surface area contributed by atoms with Gasteiger partial charge in [-0.05, 0) is 25.0 Å². The van der Waals surface area contributed by atoms with Gasteiger partial charge in [-0.3, -0.25) is 9.69 Å². The molecular weight excluding hydrogens is 357 g/mol. The van der Waals surface area contributed by atoms with Gasteiger partial charge in [-0.25, -0.2) is 9.37 Å². The van der Waals surface area contributed by atoms with Crippen LogP contribution >= 0.6 is 0 Å². The maximum absolute atomic E-state index is 14.0. The summed E-state index contributed by atoms with van der Waals surface area (Å²) in [7, 11) is 3.50. The predicted molar refractivity (Wildman–Crippen MR) is 107 cm³/mol. The molecule has 1 saturated heterocycles. The third kappa shape index (κ3) is 3.76. The molecule has 150 valence electrons. The SMILES string of the molecule is CN(C)C(=O)c1cn2c(n1)CCN(C1CCN(c3ccccc3F)CC1)CC2. The molecule has 2 aliphatic rings. The highest BCUT2D eigenvalue weighted by atomic mass is 19.1. The van der Waals surface area contributed by atoms with Crippen LogP contribution in [0.5, 0.6) is 0 Å². The molecule has 0 aliphatic carbocycles. The number of piperidine rings is 1. The zero-order valence-corrected chi connectivity index (χ0v) is 16.6. The summed E-state index contributed by atoms with van der Waals surface area (Å²) in [6, 6.07) is 7.57. The fraction of sp³-hybridized carbons (Fsp3) is 0.524. The third-order valence-corrected chi connectivity index (χ3v) is 5.91. The van der Waals surface area contributed by atoms with Crippen molar-refractivity contribution in [2.45, 2.75) is 31.8 Å². The van der Waals surface area contributed by atoms with Gasteiger partial charge in [0.25, 0.3) is 5.91 Å². The summed E-state index contributed by atoms with van der Waals surface area (Å²) in [5.74, 6) is 0.818. The van der Waals surface area contributed by atoms with Crippen LogP contribution in [-0.4, -0.2) is 71.6 Å². The van der Waals surface area contributed by atoms with Crippen LogP contribution in [0.15, 0.2) is 30.5 Å². The number of aromatic nitrogens is 2. The van der Waals surface area contributed by atoms with E-state index < -0.39 is 0 Å². The molecule has 1 aromatic heterocycles. The lowest BCUT2D eigenvalue weighted by Crippen LogP contribution is -2.46. The summed E-state index contributed by atoms with van der Waals surface area (Å²) in [6.45, 7) is 4.54. The van der Waals surface area contributed by atoms with Crippen LogP contribution in [0.3, 0.4) is 0 Å². The first-order chi connectivity index (χ1) is 13.5. The number of anilines is 1. The van der Waals surface area contributed by atoms with Gasteiger partial charge in [0.1, 0.15) is 17.3 Å². The van der Waals surface area contributed by atoms with Crippen molar-refractivity contribution < 1.29 is 9.18 Å². The van der Waals surface area contributed by atoms with E-state index in [2.05, 4.69) is 19.4 Å². The van der Waals surface area contributed by atoms with Crippen LogP contribution in [0, 0.1) is 5.82 Å². The van der Waals surface area contributed by atoms with Crippen molar-refractivity contribution in [3.8, 4) is 0 Å². The van der Waals surface area contributed by atoms with Gasteiger partial charge >= 0.3 is 0 Å². The monoisotopic (exact) mass is 385 g/mol. The molecule has 1 fully saturated rings. The Labute approximate surface area is 165 Å². The number of amides is 1. The number of rotatable bonds is 3. The van der Waals surface area contributed by atoms with Crippen molar-refractivity contribution in [2.75, 3.05) is 45.2 Å². The number of fused-ring (bicyclic) bond motifs is 1. The molecule has 0 N–H and O–H groups in total. The Morgan fingerprint density at radius 3 is 2.57 bits per heavy atom. The molecule has 0 atom stereocenters. The number of hydrogen-bond acceptors (Lipinski definition) is 4. The van der Waals surface area contributed by atoms with Crippen LogP contribution in [0.2, 0.25) is 0 Å². The second-order valence-electron chi connectivity index (χ2n) is 7.89. The van der Waals surface area contributed by atoms with Crippen LogP contribution in [-0.2, 0) is 13.0 Å². The summed E-state index contributed by atoms with van der Waals surface area (Å²) < 4.78 is 16.2. The maximum Gasteiger partial charge on any atom is 0.273 e. The van der Waals surface area contributed by atoms with E-state index >= 15 is 0 Å². The van der Waals surface area contributed by atoms with E-state index in [9.17, 15) is 9.18 Å². The molecule has 1 amide bonds. The van der Waals surface area contributed by atoms with Gasteiger partial charge in [0.15, 0.2) is 0 Å². The Morgan fingerprint density at radius 2 is 1.86 bits per heavy atom. The van der Waals surface area contributed by atoms with Crippen molar-refractivity contribution >= 4 is 11.6 Å². The van der Waals surface area contributed by atoms with E-state index in [1.807, 2.05) is 18.3 Å². The molecule has 0 unspecified atom stereocenters. The number of imidazole rings is 1. The molecule has 2 aromatic rings. The number of halogens is 1. The molecule has 3 heterocycles. The van der Waals surface area contributed by atoms with E-state index in [-0.39, 0.29) is 11.7 Å². The molecule has 1 aromatic carbocycles. The highest BCUT2D eigenvalue weighted by molar-refractivity contribution is 5.91. The van der Waals surface area contributed by atoms with E-state index in [4.69, 9.17) is 0 Å². The first-order valence-corrected chi connectivity index (χ1v) is 10.0. The fourth-order valence-electron chi connectivity index (χ4n) is 4.32. The van der Waals surface area contributed by atoms with Crippen molar-refractivity contribution in [1.29, 1.82) is 0 Å². The minimum absolute atomic E-state index is 0.0436. The first-order valence-electron chi connectivity index (χ1n) is 10.0. The molecule has 7 heteroatoms. The molecule has 4 rings (SSSR count). The quantitative estimate of drug-likeness (QED) is 0.813. The van der Waals surface area contributed by atoms with Gasteiger partial charge in [-0.2, -0.15) is 0 Å². The molecule has 0 spiro atoms. The van der Waals surface area contributed by atoms with E-state index in [0.717, 1.165) is 63.5 Å². The average Bonchev–Trinajstić information content (AvgIpc) is 3.01. The number of hydrogen-bond donors (Lipinski definition) is 0. The smallest absolute Gasteiger partial charge is 0.273 e. The van der Waals surface area contributed by atoms with Gasteiger partial charge in [-0.15, -0.1) is 0 Å². The minimum atomic E-state index is -0.135. The van der Waals surface area contributed by atoms with Crippen molar-refractivity contribution in [3.63, 3.8) is 0 Å². The number of nitrogens with zero attached hydrogens (tertiary/aromatic N) is 5. The second-order valence-corrected chi connectivity index (χ2v) is 7.89. The standard InChI is InChI=1S/C21H28FN5O/c1-24(2)21(28)18-15-27-14-13-25(12-9-20(27)23-18)16-7-10-26(11-8-16)19-6-4-3-5-17(19)22/h3-6,15-16H,7-14H2,1-2H3. The van der Waals surface area contributed by atoms with E-state index in [1.54, 1.807) is 25.1 Å². The van der Waals surface area contributed by atoms with Gasteiger partial charge in [-0.1, -0.05) is 12.1 Å². The lowest BCUT2D eigenvalue weighted by Gasteiger charge is -2.39. The average molecular weight is 385 g/mol. The summed E-state index contributed by atoms with van der Waals surface area (Å²) in [5, 5.41) is 0.